The predicted octanol–water partition coefficient (Wildman–Crippen LogP) is 3.17. The summed E-state index contributed by atoms with van der Waals surface area (Å²) in [7, 11) is 3.92. The zero-order chi connectivity index (χ0) is 15.0. The maximum absolute atomic E-state index is 5.30. The number of methoxy groups -OCH3 is 1. The highest BCUT2D eigenvalue weighted by atomic mass is 16.5. The topological polar surface area (TPSA) is 15.7 Å². The van der Waals surface area contributed by atoms with Crippen LogP contribution in [0.3, 0.4) is 0 Å². The van der Waals surface area contributed by atoms with E-state index < -0.39 is 0 Å². The smallest absolute Gasteiger partial charge is 0.121 e. The summed E-state index contributed by atoms with van der Waals surface area (Å²) in [5, 5.41) is 0. The van der Waals surface area contributed by atoms with Crippen LogP contribution >= 0.6 is 0 Å². The molecule has 0 aliphatic rings. The van der Waals surface area contributed by atoms with E-state index in [9.17, 15) is 0 Å². The normalized spacial score (nSPS) is 11.3. The van der Waals surface area contributed by atoms with Crippen molar-refractivity contribution < 1.29 is 4.74 Å². The molecule has 1 rings (SSSR count). The van der Waals surface area contributed by atoms with Crippen LogP contribution in [0.2, 0.25) is 0 Å². The van der Waals surface area contributed by atoms with Gasteiger partial charge in [-0.15, -0.1) is 0 Å². The number of nitrogens with zero attached hydrogens (tertiary/aromatic N) is 2. The van der Waals surface area contributed by atoms with E-state index in [1.807, 2.05) is 0 Å². The first-order valence-electron chi connectivity index (χ1n) is 7.65. The Bertz CT molecular complexity index is 389. The molecule has 0 aliphatic heterocycles. The molecule has 3 heteroatoms. The minimum absolute atomic E-state index is 0.970. The Hall–Kier alpha value is -1.06. The van der Waals surface area contributed by atoms with Gasteiger partial charge in [0.05, 0.1) is 7.11 Å². The standard InChI is InChI=1S/C17H30N2O/c1-6-19(7-2)12-8-11-18(4)14-16-9-10-17(20-5)15(3)13-16/h9-10,13H,6-8,11-12,14H2,1-5H3. The van der Waals surface area contributed by atoms with Gasteiger partial charge in [0.25, 0.3) is 0 Å². The van der Waals surface area contributed by atoms with Crippen molar-refractivity contribution in [2.24, 2.45) is 0 Å². The van der Waals surface area contributed by atoms with E-state index >= 15 is 0 Å². The van der Waals surface area contributed by atoms with Gasteiger partial charge in [-0.3, -0.25) is 0 Å². The lowest BCUT2D eigenvalue weighted by Gasteiger charge is -2.21. The molecule has 0 heterocycles. The zero-order valence-electron chi connectivity index (χ0n) is 13.8. The van der Waals surface area contributed by atoms with Crippen molar-refractivity contribution in [1.82, 2.24) is 9.80 Å². The molecule has 114 valence electrons. The molecular weight excluding hydrogens is 248 g/mol. The molecule has 1 aromatic carbocycles. The van der Waals surface area contributed by atoms with Crippen LogP contribution in [-0.2, 0) is 6.54 Å². The molecule has 0 unspecified atom stereocenters. The van der Waals surface area contributed by atoms with Crippen LogP contribution in [0, 0.1) is 6.92 Å². The minimum Gasteiger partial charge on any atom is -0.496 e. The lowest BCUT2D eigenvalue weighted by atomic mass is 10.1. The Labute approximate surface area is 124 Å². The van der Waals surface area contributed by atoms with Crippen molar-refractivity contribution in [2.75, 3.05) is 40.3 Å². The van der Waals surface area contributed by atoms with Crippen LogP contribution in [0.25, 0.3) is 0 Å². The van der Waals surface area contributed by atoms with E-state index in [4.69, 9.17) is 4.74 Å². The van der Waals surface area contributed by atoms with E-state index in [0.29, 0.717) is 0 Å². The van der Waals surface area contributed by atoms with Gasteiger partial charge in [0.15, 0.2) is 0 Å². The van der Waals surface area contributed by atoms with Crippen molar-refractivity contribution in [3.8, 4) is 5.75 Å². The average molecular weight is 278 g/mol. The number of benzene rings is 1. The lowest BCUT2D eigenvalue weighted by molar-refractivity contribution is 0.259. The predicted molar refractivity (Wildman–Crippen MR) is 86.5 cm³/mol. The number of ether oxygens (including phenoxy) is 1. The van der Waals surface area contributed by atoms with E-state index in [1.165, 1.54) is 24.1 Å². The van der Waals surface area contributed by atoms with Crippen LogP contribution in [0.5, 0.6) is 5.75 Å². The molecule has 20 heavy (non-hydrogen) atoms. The number of hydrogen-bond acceptors (Lipinski definition) is 3. The van der Waals surface area contributed by atoms with Gasteiger partial charge in [0.1, 0.15) is 5.75 Å². The van der Waals surface area contributed by atoms with Crippen LogP contribution in [0.4, 0.5) is 0 Å². The van der Waals surface area contributed by atoms with Gasteiger partial charge < -0.3 is 14.5 Å². The van der Waals surface area contributed by atoms with E-state index in [0.717, 1.165) is 31.9 Å². The molecule has 0 aliphatic carbocycles. The second-order valence-electron chi connectivity index (χ2n) is 5.42. The SMILES string of the molecule is CCN(CC)CCCN(C)Cc1ccc(OC)c(C)c1. The molecule has 1 aromatic rings. The summed E-state index contributed by atoms with van der Waals surface area (Å²) >= 11 is 0. The fraction of sp³-hybridized carbons (Fsp3) is 0.647. The van der Waals surface area contributed by atoms with Crippen molar-refractivity contribution in [3.63, 3.8) is 0 Å². The van der Waals surface area contributed by atoms with E-state index in [1.54, 1.807) is 7.11 Å². The highest BCUT2D eigenvalue weighted by molar-refractivity contribution is 5.36. The summed E-state index contributed by atoms with van der Waals surface area (Å²) in [4.78, 5) is 4.87. The Morgan fingerprint density at radius 3 is 2.35 bits per heavy atom. The van der Waals surface area contributed by atoms with Gasteiger partial charge in [0, 0.05) is 6.54 Å². The summed E-state index contributed by atoms with van der Waals surface area (Å²) in [6, 6.07) is 6.45. The fourth-order valence-electron chi connectivity index (χ4n) is 2.53. The lowest BCUT2D eigenvalue weighted by Crippen LogP contribution is -2.28. The van der Waals surface area contributed by atoms with Gasteiger partial charge in [-0.05, 0) is 63.8 Å². The van der Waals surface area contributed by atoms with Gasteiger partial charge in [-0.1, -0.05) is 26.0 Å². The Kier molecular flexibility index (Phi) is 7.63. The van der Waals surface area contributed by atoms with Crippen LogP contribution < -0.4 is 4.74 Å². The number of hydrogen-bond donors (Lipinski definition) is 0. The summed E-state index contributed by atoms with van der Waals surface area (Å²) in [5.74, 6) is 0.970. The van der Waals surface area contributed by atoms with Gasteiger partial charge in [-0.2, -0.15) is 0 Å². The molecule has 0 aromatic heterocycles. The van der Waals surface area contributed by atoms with Crippen LogP contribution in [-0.4, -0.2) is 50.1 Å². The highest BCUT2D eigenvalue weighted by Gasteiger charge is 2.05. The monoisotopic (exact) mass is 278 g/mol. The van der Waals surface area contributed by atoms with Gasteiger partial charge in [0.2, 0.25) is 0 Å². The summed E-state index contributed by atoms with van der Waals surface area (Å²) < 4.78 is 5.30. The molecule has 0 radical (unpaired) electrons. The molecule has 0 bridgehead atoms. The molecule has 3 nitrogen and oxygen atoms in total. The second kappa shape index (κ2) is 8.98. The Morgan fingerprint density at radius 2 is 1.80 bits per heavy atom. The highest BCUT2D eigenvalue weighted by Crippen LogP contribution is 2.19. The first kappa shape index (κ1) is 17.0. The van der Waals surface area contributed by atoms with Crippen LogP contribution in [0.1, 0.15) is 31.4 Å². The quantitative estimate of drug-likeness (QED) is 0.690. The van der Waals surface area contributed by atoms with Crippen molar-refractivity contribution >= 4 is 0 Å². The molecule has 0 saturated heterocycles. The van der Waals surface area contributed by atoms with Crippen LogP contribution in [0.15, 0.2) is 18.2 Å². The van der Waals surface area contributed by atoms with Crippen molar-refractivity contribution in [2.45, 2.75) is 33.7 Å². The molecule has 0 saturated carbocycles. The minimum atomic E-state index is 0.970. The maximum atomic E-state index is 5.30. The molecule has 0 fully saturated rings. The first-order chi connectivity index (χ1) is 9.60. The molecule has 0 N–H and O–H groups in total. The zero-order valence-corrected chi connectivity index (χ0v) is 13.8. The third-order valence-corrected chi connectivity index (χ3v) is 3.82. The second-order valence-corrected chi connectivity index (χ2v) is 5.42. The van der Waals surface area contributed by atoms with E-state index in [2.05, 4.69) is 55.8 Å². The summed E-state index contributed by atoms with van der Waals surface area (Å²) in [5.41, 5.74) is 2.56. The third kappa shape index (κ3) is 5.51. The maximum Gasteiger partial charge on any atom is 0.121 e. The van der Waals surface area contributed by atoms with E-state index in [-0.39, 0.29) is 0 Å². The van der Waals surface area contributed by atoms with Crippen molar-refractivity contribution in [1.29, 1.82) is 0 Å². The Morgan fingerprint density at radius 1 is 1.10 bits per heavy atom. The molecule has 0 atom stereocenters. The molecule has 0 spiro atoms. The fourth-order valence-corrected chi connectivity index (χ4v) is 2.53. The average Bonchev–Trinajstić information content (AvgIpc) is 2.44. The first-order valence-corrected chi connectivity index (χ1v) is 7.65. The number of aryl methyl sites for hydroxylation is 1. The largest absolute Gasteiger partial charge is 0.496 e. The summed E-state index contributed by atoms with van der Waals surface area (Å²) in [6.45, 7) is 12.2. The number of rotatable bonds is 9. The van der Waals surface area contributed by atoms with Gasteiger partial charge in [-0.25, -0.2) is 0 Å². The third-order valence-electron chi connectivity index (χ3n) is 3.82. The van der Waals surface area contributed by atoms with Crippen molar-refractivity contribution in [3.05, 3.63) is 29.3 Å². The van der Waals surface area contributed by atoms with Gasteiger partial charge >= 0.3 is 0 Å². The molecule has 0 amide bonds. The Balaban J connectivity index is 2.38. The molecular formula is C17H30N2O. The summed E-state index contributed by atoms with van der Waals surface area (Å²) in [6.07, 6.45) is 1.23.